The first-order chi connectivity index (χ1) is 14.9. The van der Waals surface area contributed by atoms with E-state index in [2.05, 4.69) is 17.0 Å². The summed E-state index contributed by atoms with van der Waals surface area (Å²) in [5.41, 5.74) is 1.02. The van der Waals surface area contributed by atoms with Crippen LogP contribution in [0.2, 0.25) is 0 Å². The maximum absolute atomic E-state index is 13.7. The van der Waals surface area contributed by atoms with E-state index in [1.54, 1.807) is 0 Å². The van der Waals surface area contributed by atoms with Crippen molar-refractivity contribution in [1.29, 1.82) is 0 Å². The van der Waals surface area contributed by atoms with Gasteiger partial charge in [0.15, 0.2) is 0 Å². The van der Waals surface area contributed by atoms with Crippen LogP contribution in [0.3, 0.4) is 0 Å². The number of allylic oxidation sites excluding steroid dienone is 1. The van der Waals surface area contributed by atoms with Crippen LogP contribution in [-0.2, 0) is 11.0 Å². The second-order valence-corrected chi connectivity index (χ2v) is 8.30. The van der Waals surface area contributed by atoms with E-state index >= 15 is 0 Å². The van der Waals surface area contributed by atoms with Gasteiger partial charge in [-0.15, -0.1) is 0 Å². The number of carbonyl (C=O) groups excluding carboxylic acids is 1. The predicted molar refractivity (Wildman–Crippen MR) is 115 cm³/mol. The number of halogens is 3. The Balaban J connectivity index is 1.62. The number of benzene rings is 2. The lowest BCUT2D eigenvalue weighted by atomic mass is 9.92. The molecule has 2 heterocycles. The molecule has 164 valence electrons. The lowest BCUT2D eigenvalue weighted by Crippen LogP contribution is -2.42. The molecule has 0 spiro atoms. The molecule has 1 amide bonds. The number of nitrogens with zero attached hydrogens (tertiary/aromatic N) is 2. The van der Waals surface area contributed by atoms with E-state index in [0.717, 1.165) is 37.3 Å². The third kappa shape index (κ3) is 5.01. The van der Waals surface area contributed by atoms with Gasteiger partial charge in [-0.05, 0) is 55.6 Å². The summed E-state index contributed by atoms with van der Waals surface area (Å²) in [6, 6.07) is 15.0. The van der Waals surface area contributed by atoms with Crippen molar-refractivity contribution in [2.24, 2.45) is 0 Å². The fourth-order valence-electron chi connectivity index (χ4n) is 4.54. The van der Waals surface area contributed by atoms with Crippen molar-refractivity contribution in [2.75, 3.05) is 26.2 Å². The normalized spacial score (nSPS) is 21.3. The average Bonchev–Trinajstić information content (AvgIpc) is 3.21. The maximum Gasteiger partial charge on any atom is 0.416 e. The van der Waals surface area contributed by atoms with Crippen molar-refractivity contribution < 1.29 is 18.0 Å². The van der Waals surface area contributed by atoms with E-state index in [4.69, 9.17) is 0 Å². The molecule has 2 aromatic rings. The van der Waals surface area contributed by atoms with Gasteiger partial charge in [0.25, 0.3) is 0 Å². The van der Waals surface area contributed by atoms with Crippen LogP contribution in [0.5, 0.6) is 0 Å². The molecule has 0 bridgehead atoms. The highest BCUT2D eigenvalue weighted by molar-refractivity contribution is 5.85. The number of carbonyl (C=O) groups is 1. The van der Waals surface area contributed by atoms with Crippen LogP contribution in [-0.4, -0.2) is 41.9 Å². The van der Waals surface area contributed by atoms with E-state index in [9.17, 15) is 18.0 Å². The quantitative estimate of drug-likeness (QED) is 0.594. The van der Waals surface area contributed by atoms with E-state index in [-0.39, 0.29) is 11.9 Å². The maximum atomic E-state index is 13.7. The molecular formula is C25H27F3N2O. The van der Waals surface area contributed by atoms with E-state index < -0.39 is 17.7 Å². The smallest absolute Gasteiger partial charge is 0.330 e. The molecule has 2 aromatic carbocycles. The number of hydrogen-bond donors (Lipinski definition) is 0. The number of rotatable bonds is 5. The Labute approximate surface area is 181 Å². The highest BCUT2D eigenvalue weighted by Gasteiger charge is 2.34. The molecule has 0 aromatic heterocycles. The van der Waals surface area contributed by atoms with Gasteiger partial charge in [-0.1, -0.05) is 54.6 Å². The summed E-state index contributed by atoms with van der Waals surface area (Å²) in [6.45, 7) is 3.33. The third-order valence-electron chi connectivity index (χ3n) is 6.25. The van der Waals surface area contributed by atoms with Crippen LogP contribution >= 0.6 is 0 Å². The SMILES string of the molecule is O=C1[C@H](c2ccc(C(F)(F)F)cc2)CC=CCN1[C@H](CN1CCCC1)c1ccccc1. The summed E-state index contributed by atoms with van der Waals surface area (Å²) >= 11 is 0. The van der Waals surface area contributed by atoms with E-state index in [1.807, 2.05) is 35.3 Å². The minimum atomic E-state index is -4.38. The lowest BCUT2D eigenvalue weighted by Gasteiger charge is -2.35. The van der Waals surface area contributed by atoms with Crippen molar-refractivity contribution in [3.05, 3.63) is 83.4 Å². The number of alkyl halides is 3. The number of amides is 1. The van der Waals surface area contributed by atoms with Gasteiger partial charge in [0.05, 0.1) is 17.5 Å². The van der Waals surface area contributed by atoms with Crippen LogP contribution in [0.15, 0.2) is 66.7 Å². The van der Waals surface area contributed by atoms with E-state index in [0.29, 0.717) is 18.5 Å². The Morgan fingerprint density at radius 2 is 1.61 bits per heavy atom. The summed E-state index contributed by atoms with van der Waals surface area (Å²) in [5.74, 6) is -0.511. The molecule has 2 aliphatic rings. The summed E-state index contributed by atoms with van der Waals surface area (Å²) in [4.78, 5) is 18.0. The Morgan fingerprint density at radius 3 is 2.26 bits per heavy atom. The minimum absolute atomic E-state index is 0.0298. The van der Waals surface area contributed by atoms with Crippen molar-refractivity contribution >= 4 is 5.91 Å². The number of hydrogen-bond acceptors (Lipinski definition) is 2. The Morgan fingerprint density at radius 1 is 0.935 bits per heavy atom. The standard InChI is InChI=1S/C25H27F3N2O/c26-25(27,28)21-13-11-19(12-14-21)22-10-4-5-17-30(24(22)31)23(18-29-15-6-7-16-29)20-8-2-1-3-9-20/h1-5,8-9,11-14,22-23H,6-7,10,15-18H2/t22-,23+/m0/s1. The molecule has 2 aliphatic heterocycles. The fourth-order valence-corrected chi connectivity index (χ4v) is 4.54. The summed E-state index contributed by atoms with van der Waals surface area (Å²) in [6.07, 6.45) is 2.42. The first kappa shape index (κ1) is 21.6. The zero-order valence-corrected chi connectivity index (χ0v) is 17.4. The minimum Gasteiger partial charge on any atom is -0.330 e. The second-order valence-electron chi connectivity index (χ2n) is 8.30. The lowest BCUT2D eigenvalue weighted by molar-refractivity contribution is -0.137. The highest BCUT2D eigenvalue weighted by atomic mass is 19.4. The molecule has 0 N–H and O–H groups in total. The second kappa shape index (κ2) is 9.27. The van der Waals surface area contributed by atoms with Crippen LogP contribution in [0.1, 0.15) is 47.9 Å². The molecule has 1 fully saturated rings. The Kier molecular flexibility index (Phi) is 6.46. The largest absolute Gasteiger partial charge is 0.416 e. The van der Waals surface area contributed by atoms with Crippen molar-refractivity contribution in [3.8, 4) is 0 Å². The van der Waals surface area contributed by atoms with Gasteiger partial charge < -0.3 is 9.80 Å². The molecule has 0 saturated carbocycles. The molecule has 0 aliphatic carbocycles. The molecule has 0 radical (unpaired) electrons. The number of likely N-dealkylation sites (tertiary alicyclic amines) is 1. The van der Waals surface area contributed by atoms with Crippen LogP contribution in [0.25, 0.3) is 0 Å². The van der Waals surface area contributed by atoms with Crippen LogP contribution < -0.4 is 0 Å². The van der Waals surface area contributed by atoms with E-state index in [1.165, 1.54) is 25.0 Å². The zero-order valence-electron chi connectivity index (χ0n) is 17.4. The van der Waals surface area contributed by atoms with Gasteiger partial charge in [-0.3, -0.25) is 4.79 Å². The predicted octanol–water partition coefficient (Wildman–Crippen LogP) is 5.41. The van der Waals surface area contributed by atoms with Gasteiger partial charge in [0, 0.05) is 13.1 Å². The average molecular weight is 428 g/mol. The van der Waals surface area contributed by atoms with Gasteiger partial charge in [-0.2, -0.15) is 13.2 Å². The molecule has 2 atom stereocenters. The van der Waals surface area contributed by atoms with Crippen molar-refractivity contribution in [2.45, 2.75) is 37.4 Å². The van der Waals surface area contributed by atoms with Crippen LogP contribution in [0.4, 0.5) is 13.2 Å². The first-order valence-corrected chi connectivity index (χ1v) is 10.8. The monoisotopic (exact) mass is 428 g/mol. The molecule has 31 heavy (non-hydrogen) atoms. The molecule has 1 saturated heterocycles. The highest BCUT2D eigenvalue weighted by Crippen LogP contribution is 2.34. The summed E-state index contributed by atoms with van der Waals surface area (Å²) in [7, 11) is 0. The molecule has 4 rings (SSSR count). The topological polar surface area (TPSA) is 23.6 Å². The van der Waals surface area contributed by atoms with Gasteiger partial charge in [0.1, 0.15) is 0 Å². The van der Waals surface area contributed by atoms with Gasteiger partial charge in [0.2, 0.25) is 5.91 Å². The summed E-state index contributed by atoms with van der Waals surface area (Å²) < 4.78 is 38.9. The third-order valence-corrected chi connectivity index (χ3v) is 6.25. The Bertz CT molecular complexity index is 903. The fraction of sp³-hybridized carbons (Fsp3) is 0.400. The van der Waals surface area contributed by atoms with Gasteiger partial charge >= 0.3 is 6.18 Å². The van der Waals surface area contributed by atoms with Crippen molar-refractivity contribution in [1.82, 2.24) is 9.80 Å². The Hall–Kier alpha value is -2.60. The summed E-state index contributed by atoms with van der Waals surface area (Å²) in [5, 5.41) is 0. The first-order valence-electron chi connectivity index (χ1n) is 10.8. The zero-order chi connectivity index (χ0) is 21.8. The molecule has 6 heteroatoms. The van der Waals surface area contributed by atoms with Crippen molar-refractivity contribution in [3.63, 3.8) is 0 Å². The van der Waals surface area contributed by atoms with Gasteiger partial charge in [-0.25, -0.2) is 0 Å². The van der Waals surface area contributed by atoms with Crippen LogP contribution in [0, 0.1) is 0 Å². The molecule has 3 nitrogen and oxygen atoms in total. The molecular weight excluding hydrogens is 401 g/mol. The molecule has 0 unspecified atom stereocenters.